The third kappa shape index (κ3) is 2.59. The molecule has 0 aromatic heterocycles. The van der Waals surface area contributed by atoms with E-state index in [0.717, 1.165) is 24.9 Å². The summed E-state index contributed by atoms with van der Waals surface area (Å²) in [5, 5.41) is 43.7. The van der Waals surface area contributed by atoms with Gasteiger partial charge in [0.15, 0.2) is 0 Å². The van der Waals surface area contributed by atoms with Crippen molar-refractivity contribution in [2.75, 3.05) is 26.7 Å². The van der Waals surface area contributed by atoms with Crippen molar-refractivity contribution in [1.82, 2.24) is 9.80 Å². The zero-order chi connectivity index (χ0) is 22.5. The second-order valence-corrected chi connectivity index (χ2v) is 11.4. The Bertz CT molecular complexity index is 962. The van der Waals surface area contributed by atoms with Gasteiger partial charge in [-0.1, -0.05) is 6.07 Å². The van der Waals surface area contributed by atoms with Gasteiger partial charge in [-0.15, -0.1) is 0 Å². The van der Waals surface area contributed by atoms with Crippen molar-refractivity contribution in [2.24, 2.45) is 11.3 Å². The third-order valence-electron chi connectivity index (χ3n) is 9.60. The van der Waals surface area contributed by atoms with Crippen LogP contribution in [0.2, 0.25) is 0 Å². The summed E-state index contributed by atoms with van der Waals surface area (Å²) < 4.78 is 0. The number of likely N-dealkylation sites (N-methyl/N-ethyl adjacent to an activating group) is 1. The van der Waals surface area contributed by atoms with E-state index in [2.05, 4.69) is 11.9 Å². The minimum Gasteiger partial charge on any atom is -0.508 e. The summed E-state index contributed by atoms with van der Waals surface area (Å²) in [5.74, 6) is -0.0876. The predicted molar refractivity (Wildman–Crippen MR) is 117 cm³/mol. The molecular weight excluding hydrogens is 408 g/mol. The van der Waals surface area contributed by atoms with Gasteiger partial charge < -0.3 is 25.3 Å². The Morgan fingerprint density at radius 3 is 2.66 bits per heavy atom. The Labute approximate surface area is 188 Å². The maximum absolute atomic E-state index is 13.0. The molecule has 174 valence electrons. The molecule has 2 bridgehead atoms. The molecular formula is C25H34N2O5. The molecule has 4 N–H and O–H groups in total. The van der Waals surface area contributed by atoms with Crippen molar-refractivity contribution in [3.8, 4) is 5.75 Å². The fourth-order valence-electron chi connectivity index (χ4n) is 8.56. The summed E-state index contributed by atoms with van der Waals surface area (Å²) in [7, 11) is 2.06. The molecule has 2 unspecified atom stereocenters. The highest BCUT2D eigenvalue weighted by molar-refractivity contribution is 5.76. The number of phenols is 1. The smallest absolute Gasteiger partial charge is 0.222 e. The number of fused-ring (bicyclic) bond motifs is 2. The van der Waals surface area contributed by atoms with E-state index in [-0.39, 0.29) is 41.6 Å². The first kappa shape index (κ1) is 20.9. The van der Waals surface area contributed by atoms with Crippen molar-refractivity contribution in [1.29, 1.82) is 0 Å². The molecule has 7 nitrogen and oxygen atoms in total. The number of likely N-dealkylation sites (tertiary alicyclic amines) is 2. The highest BCUT2D eigenvalue weighted by atomic mass is 16.3. The summed E-state index contributed by atoms with van der Waals surface area (Å²) in [6, 6.07) is 5.51. The number of piperidine rings is 1. The molecule has 4 fully saturated rings. The van der Waals surface area contributed by atoms with Crippen LogP contribution in [-0.4, -0.2) is 86.7 Å². The standard InChI is InChI=1S/C25H34N2O5/c1-26-14-23-10-15-2-3-18(29)9-19(15)24(13-23)12-20(30)16(11-25(24,32)22(23)26)8-21(31)27-6-4-17(28)5-7-27/h2-3,9,16-17,20,22,28-30,32H,4-8,10-14H2,1H3/t16-,20?,22+,23?,24-,25+/m0/s1. The van der Waals surface area contributed by atoms with Crippen molar-refractivity contribution in [3.05, 3.63) is 29.3 Å². The Morgan fingerprint density at radius 1 is 1.19 bits per heavy atom. The topological polar surface area (TPSA) is 104 Å². The summed E-state index contributed by atoms with van der Waals surface area (Å²) >= 11 is 0. The number of carbonyl (C=O) groups excluding carboxylic acids is 1. The number of hydrogen-bond donors (Lipinski definition) is 4. The van der Waals surface area contributed by atoms with Gasteiger partial charge in [-0.3, -0.25) is 9.69 Å². The normalized spacial score (nSPS) is 43.2. The summed E-state index contributed by atoms with van der Waals surface area (Å²) in [6.07, 6.45) is 2.93. The lowest BCUT2D eigenvalue weighted by molar-refractivity contribution is -0.171. The first-order valence-electron chi connectivity index (χ1n) is 12.1. The lowest BCUT2D eigenvalue weighted by Gasteiger charge is -2.58. The second-order valence-electron chi connectivity index (χ2n) is 11.4. The number of nitrogens with zero attached hydrogens (tertiary/aromatic N) is 2. The van der Waals surface area contributed by atoms with Crippen LogP contribution in [-0.2, 0) is 16.6 Å². The van der Waals surface area contributed by atoms with Crippen LogP contribution in [0.4, 0.5) is 0 Å². The zero-order valence-electron chi connectivity index (χ0n) is 18.7. The predicted octanol–water partition coefficient (Wildman–Crippen LogP) is 0.766. The molecule has 2 saturated carbocycles. The molecule has 3 aliphatic carbocycles. The maximum atomic E-state index is 13.0. The minimum absolute atomic E-state index is 0.000205. The maximum Gasteiger partial charge on any atom is 0.222 e. The van der Waals surface area contributed by atoms with Gasteiger partial charge in [-0.05, 0) is 74.8 Å². The van der Waals surface area contributed by atoms with Crippen LogP contribution >= 0.6 is 0 Å². The SMILES string of the molecule is CN1CC23Cc4ccc(O)cc4[C@]4(CC(O)[C@@H](CC(=O)N5CCC(O)CC5)C[C@@]4(O)[C@H]12)C3. The van der Waals surface area contributed by atoms with E-state index in [4.69, 9.17) is 0 Å². The van der Waals surface area contributed by atoms with E-state index in [9.17, 15) is 25.2 Å². The number of aromatic hydroxyl groups is 1. The molecule has 5 aliphatic rings. The molecule has 32 heavy (non-hydrogen) atoms. The van der Waals surface area contributed by atoms with Gasteiger partial charge in [0.2, 0.25) is 5.91 Å². The molecule has 1 aromatic carbocycles. The van der Waals surface area contributed by atoms with Gasteiger partial charge in [-0.2, -0.15) is 0 Å². The van der Waals surface area contributed by atoms with Crippen LogP contribution in [0.15, 0.2) is 18.2 Å². The Balaban J connectivity index is 1.33. The number of hydrogen-bond acceptors (Lipinski definition) is 6. The fourth-order valence-corrected chi connectivity index (χ4v) is 8.56. The van der Waals surface area contributed by atoms with E-state index >= 15 is 0 Å². The molecule has 2 saturated heterocycles. The van der Waals surface area contributed by atoms with Crippen molar-refractivity contribution < 1.29 is 25.2 Å². The van der Waals surface area contributed by atoms with Crippen molar-refractivity contribution in [3.63, 3.8) is 0 Å². The minimum atomic E-state index is -1.04. The van der Waals surface area contributed by atoms with Gasteiger partial charge >= 0.3 is 0 Å². The van der Waals surface area contributed by atoms with E-state index < -0.39 is 17.1 Å². The zero-order valence-corrected chi connectivity index (χ0v) is 18.7. The van der Waals surface area contributed by atoms with Crippen LogP contribution < -0.4 is 0 Å². The van der Waals surface area contributed by atoms with Crippen molar-refractivity contribution >= 4 is 5.91 Å². The number of rotatable bonds is 2. The van der Waals surface area contributed by atoms with Crippen LogP contribution in [0.1, 0.15) is 49.7 Å². The Kier molecular flexibility index (Phi) is 4.37. The molecule has 7 heteroatoms. The van der Waals surface area contributed by atoms with Crippen LogP contribution in [0.3, 0.4) is 0 Å². The Hall–Kier alpha value is -1.67. The van der Waals surface area contributed by atoms with E-state index in [1.165, 1.54) is 5.56 Å². The average Bonchev–Trinajstić information content (AvgIpc) is 2.86. The number of aliphatic hydroxyl groups excluding tert-OH is 2. The van der Waals surface area contributed by atoms with Crippen LogP contribution in [0.25, 0.3) is 0 Å². The molecule has 6 atom stereocenters. The second kappa shape index (κ2) is 6.69. The van der Waals surface area contributed by atoms with Gasteiger partial charge in [-0.25, -0.2) is 0 Å². The molecule has 1 aromatic rings. The molecule has 1 amide bonds. The molecule has 2 heterocycles. The van der Waals surface area contributed by atoms with Crippen LogP contribution in [0.5, 0.6) is 5.75 Å². The van der Waals surface area contributed by atoms with Gasteiger partial charge in [0, 0.05) is 42.9 Å². The number of aliphatic hydroxyl groups is 3. The highest BCUT2D eigenvalue weighted by Crippen LogP contribution is 2.72. The lowest BCUT2D eigenvalue weighted by atomic mass is 9.55. The summed E-state index contributed by atoms with van der Waals surface area (Å²) in [6.45, 7) is 2.04. The molecule has 2 spiro atoms. The average molecular weight is 443 g/mol. The Morgan fingerprint density at radius 2 is 1.94 bits per heavy atom. The molecule has 0 radical (unpaired) electrons. The largest absolute Gasteiger partial charge is 0.508 e. The third-order valence-corrected chi connectivity index (χ3v) is 9.60. The van der Waals surface area contributed by atoms with E-state index in [1.54, 1.807) is 17.0 Å². The highest BCUT2D eigenvalue weighted by Gasteiger charge is 2.78. The van der Waals surface area contributed by atoms with Gasteiger partial charge in [0.25, 0.3) is 0 Å². The summed E-state index contributed by atoms with van der Waals surface area (Å²) in [4.78, 5) is 17.1. The monoisotopic (exact) mass is 442 g/mol. The molecule has 6 rings (SSSR count). The number of carbonyl (C=O) groups is 1. The van der Waals surface area contributed by atoms with Crippen LogP contribution in [0, 0.1) is 11.3 Å². The van der Waals surface area contributed by atoms with E-state index in [0.29, 0.717) is 38.8 Å². The van der Waals surface area contributed by atoms with Gasteiger partial charge in [0.05, 0.1) is 17.8 Å². The lowest BCUT2D eigenvalue weighted by Crippen LogP contribution is -2.70. The fraction of sp³-hybridized carbons (Fsp3) is 0.720. The number of phenolic OH excluding ortho intramolecular Hbond substituents is 1. The quantitative estimate of drug-likeness (QED) is 0.539. The first-order valence-corrected chi connectivity index (χ1v) is 12.1. The van der Waals surface area contributed by atoms with Crippen molar-refractivity contribution in [2.45, 2.75) is 74.2 Å². The number of benzene rings is 1. The van der Waals surface area contributed by atoms with Gasteiger partial charge in [0.1, 0.15) is 5.75 Å². The number of amides is 1. The first-order chi connectivity index (χ1) is 15.2. The summed E-state index contributed by atoms with van der Waals surface area (Å²) in [5.41, 5.74) is 0.526. The van der Waals surface area contributed by atoms with E-state index in [1.807, 2.05) is 6.07 Å². The molecule has 2 aliphatic heterocycles.